The maximum atomic E-state index is 12.3. The zero-order valence-corrected chi connectivity index (χ0v) is 10.1. The molecule has 2 aliphatic carbocycles. The summed E-state index contributed by atoms with van der Waals surface area (Å²) >= 11 is 0. The molecule has 2 saturated carbocycles. The fourth-order valence-corrected chi connectivity index (χ4v) is 3.80. The smallest absolute Gasteiger partial charge is 0.233 e. The second-order valence-electron chi connectivity index (χ2n) is 5.71. The second kappa shape index (κ2) is 4.09. The normalized spacial score (nSPS) is 42.1. The van der Waals surface area contributed by atoms with E-state index >= 15 is 0 Å². The maximum absolute atomic E-state index is 12.3. The summed E-state index contributed by atoms with van der Waals surface area (Å²) in [7, 11) is 0. The highest BCUT2D eigenvalue weighted by molar-refractivity contribution is 6.05. The van der Waals surface area contributed by atoms with E-state index in [1.54, 1.807) is 4.90 Å². The lowest BCUT2D eigenvalue weighted by Crippen LogP contribution is -2.52. The van der Waals surface area contributed by atoms with Gasteiger partial charge in [0.25, 0.3) is 0 Å². The molecule has 2 N–H and O–H groups in total. The Morgan fingerprint density at radius 2 is 1.47 bits per heavy atom. The van der Waals surface area contributed by atoms with Crippen LogP contribution in [0, 0.1) is 11.8 Å². The third kappa shape index (κ3) is 1.61. The van der Waals surface area contributed by atoms with Gasteiger partial charge in [0.2, 0.25) is 11.8 Å². The van der Waals surface area contributed by atoms with Gasteiger partial charge < -0.3 is 5.73 Å². The van der Waals surface area contributed by atoms with Crippen molar-refractivity contribution in [2.75, 3.05) is 0 Å². The molecule has 0 aromatic rings. The molecular formula is C13H20N2O2. The molecule has 17 heavy (non-hydrogen) atoms. The summed E-state index contributed by atoms with van der Waals surface area (Å²) in [5.74, 6) is 0.105. The van der Waals surface area contributed by atoms with Gasteiger partial charge in [-0.25, -0.2) is 0 Å². The SMILES string of the molecule is NC1CCCCC1N1C(=O)C2CCCC2C1=O. The number of amides is 2. The van der Waals surface area contributed by atoms with Crippen LogP contribution in [-0.2, 0) is 9.59 Å². The van der Waals surface area contributed by atoms with Crippen LogP contribution < -0.4 is 5.73 Å². The van der Waals surface area contributed by atoms with E-state index in [-0.39, 0.29) is 35.7 Å². The van der Waals surface area contributed by atoms with E-state index in [1.807, 2.05) is 0 Å². The summed E-state index contributed by atoms with van der Waals surface area (Å²) in [6.07, 6.45) is 6.87. The monoisotopic (exact) mass is 236 g/mol. The van der Waals surface area contributed by atoms with Gasteiger partial charge >= 0.3 is 0 Å². The Bertz CT molecular complexity index is 333. The van der Waals surface area contributed by atoms with Gasteiger partial charge in [0, 0.05) is 6.04 Å². The van der Waals surface area contributed by atoms with Crippen LogP contribution in [0.4, 0.5) is 0 Å². The molecule has 1 saturated heterocycles. The lowest BCUT2D eigenvalue weighted by Gasteiger charge is -2.35. The zero-order chi connectivity index (χ0) is 12.0. The van der Waals surface area contributed by atoms with Crippen molar-refractivity contribution in [3.63, 3.8) is 0 Å². The molecule has 4 atom stereocenters. The summed E-state index contributed by atoms with van der Waals surface area (Å²) in [5.41, 5.74) is 6.09. The molecule has 0 aromatic carbocycles. The van der Waals surface area contributed by atoms with Gasteiger partial charge in [-0.3, -0.25) is 14.5 Å². The quantitative estimate of drug-likeness (QED) is 0.692. The highest BCUT2D eigenvalue weighted by Gasteiger charge is 2.52. The topological polar surface area (TPSA) is 63.4 Å². The number of carbonyl (C=O) groups is 2. The van der Waals surface area contributed by atoms with Crippen molar-refractivity contribution in [1.82, 2.24) is 4.90 Å². The van der Waals surface area contributed by atoms with E-state index in [0.717, 1.165) is 44.9 Å². The molecule has 1 aliphatic heterocycles. The predicted molar refractivity (Wildman–Crippen MR) is 62.9 cm³/mol. The molecule has 0 spiro atoms. The number of carbonyl (C=O) groups excluding carboxylic acids is 2. The first-order valence-corrected chi connectivity index (χ1v) is 6.82. The number of rotatable bonds is 1. The van der Waals surface area contributed by atoms with Crippen LogP contribution in [0.2, 0.25) is 0 Å². The molecule has 4 nitrogen and oxygen atoms in total. The number of imide groups is 1. The van der Waals surface area contributed by atoms with Crippen molar-refractivity contribution < 1.29 is 9.59 Å². The van der Waals surface area contributed by atoms with E-state index in [4.69, 9.17) is 5.73 Å². The Balaban J connectivity index is 1.83. The molecule has 4 unspecified atom stereocenters. The number of fused-ring (bicyclic) bond motifs is 1. The molecule has 1 heterocycles. The Morgan fingerprint density at radius 1 is 0.882 bits per heavy atom. The number of hydrogen-bond donors (Lipinski definition) is 1. The molecule has 3 rings (SSSR count). The molecule has 3 fully saturated rings. The molecule has 0 bridgehead atoms. The van der Waals surface area contributed by atoms with Crippen LogP contribution in [0.15, 0.2) is 0 Å². The Morgan fingerprint density at radius 3 is 2.06 bits per heavy atom. The van der Waals surface area contributed by atoms with Crippen molar-refractivity contribution >= 4 is 11.8 Å². The Labute approximate surface area is 102 Å². The average molecular weight is 236 g/mol. The summed E-state index contributed by atoms with van der Waals surface area (Å²) in [6, 6.07) is -0.0233. The van der Waals surface area contributed by atoms with Crippen molar-refractivity contribution in [3.8, 4) is 0 Å². The van der Waals surface area contributed by atoms with Crippen LogP contribution in [0.5, 0.6) is 0 Å². The Hall–Kier alpha value is -0.900. The van der Waals surface area contributed by atoms with Crippen LogP contribution in [0.1, 0.15) is 44.9 Å². The number of nitrogens with zero attached hydrogens (tertiary/aromatic N) is 1. The Kier molecular flexibility index (Phi) is 2.69. The molecule has 3 aliphatic rings. The lowest BCUT2D eigenvalue weighted by molar-refractivity contribution is -0.144. The minimum absolute atomic E-state index is 0.00419. The average Bonchev–Trinajstić information content (AvgIpc) is 2.87. The first-order valence-electron chi connectivity index (χ1n) is 6.82. The van der Waals surface area contributed by atoms with E-state index in [0.29, 0.717) is 0 Å². The first kappa shape index (κ1) is 11.2. The summed E-state index contributed by atoms with van der Waals surface area (Å²) in [4.78, 5) is 26.1. The van der Waals surface area contributed by atoms with Crippen LogP contribution in [0.25, 0.3) is 0 Å². The van der Waals surface area contributed by atoms with Crippen molar-refractivity contribution in [2.24, 2.45) is 17.6 Å². The lowest BCUT2D eigenvalue weighted by atomic mass is 9.90. The van der Waals surface area contributed by atoms with Crippen molar-refractivity contribution in [3.05, 3.63) is 0 Å². The molecule has 0 aromatic heterocycles. The minimum atomic E-state index is -0.0191. The number of likely N-dealkylation sites (tertiary alicyclic amines) is 1. The molecule has 94 valence electrons. The van der Waals surface area contributed by atoms with Gasteiger partial charge in [-0.15, -0.1) is 0 Å². The molecular weight excluding hydrogens is 216 g/mol. The van der Waals surface area contributed by atoms with Crippen LogP contribution >= 0.6 is 0 Å². The highest BCUT2D eigenvalue weighted by Crippen LogP contribution is 2.41. The third-order valence-corrected chi connectivity index (χ3v) is 4.74. The van der Waals surface area contributed by atoms with Crippen LogP contribution in [0.3, 0.4) is 0 Å². The standard InChI is InChI=1S/C13H20N2O2/c14-10-6-1-2-7-11(10)15-12(16)8-4-3-5-9(8)13(15)17/h8-11H,1-7,14H2. The molecule has 0 radical (unpaired) electrons. The number of hydrogen-bond acceptors (Lipinski definition) is 3. The van der Waals surface area contributed by atoms with E-state index in [9.17, 15) is 9.59 Å². The maximum Gasteiger partial charge on any atom is 0.233 e. The summed E-state index contributed by atoms with van der Waals surface area (Å²) < 4.78 is 0. The van der Waals surface area contributed by atoms with Gasteiger partial charge in [-0.2, -0.15) is 0 Å². The zero-order valence-electron chi connectivity index (χ0n) is 10.1. The van der Waals surface area contributed by atoms with Gasteiger partial charge in [0.15, 0.2) is 0 Å². The fourth-order valence-electron chi connectivity index (χ4n) is 3.80. The molecule has 2 amide bonds. The van der Waals surface area contributed by atoms with Gasteiger partial charge in [0.1, 0.15) is 0 Å². The summed E-state index contributed by atoms with van der Waals surface area (Å²) in [5, 5.41) is 0. The first-order chi connectivity index (χ1) is 8.20. The van der Waals surface area contributed by atoms with Crippen molar-refractivity contribution in [2.45, 2.75) is 57.0 Å². The number of nitrogens with two attached hydrogens (primary N) is 1. The van der Waals surface area contributed by atoms with Gasteiger partial charge in [0.05, 0.1) is 17.9 Å². The van der Waals surface area contributed by atoms with Crippen molar-refractivity contribution in [1.29, 1.82) is 0 Å². The largest absolute Gasteiger partial charge is 0.326 e. The van der Waals surface area contributed by atoms with Gasteiger partial charge in [-0.1, -0.05) is 19.3 Å². The molecule has 4 heteroatoms. The minimum Gasteiger partial charge on any atom is -0.326 e. The third-order valence-electron chi connectivity index (χ3n) is 4.74. The fraction of sp³-hybridized carbons (Fsp3) is 0.846. The summed E-state index contributed by atoms with van der Waals surface area (Å²) in [6.45, 7) is 0. The highest BCUT2D eigenvalue weighted by atomic mass is 16.2. The van der Waals surface area contributed by atoms with E-state index in [1.165, 1.54) is 0 Å². The predicted octanol–water partition coefficient (Wildman–Crippen LogP) is 1.04. The van der Waals surface area contributed by atoms with E-state index in [2.05, 4.69) is 0 Å². The van der Waals surface area contributed by atoms with E-state index < -0.39 is 0 Å². The second-order valence-corrected chi connectivity index (χ2v) is 5.71. The van der Waals surface area contributed by atoms with Gasteiger partial charge in [-0.05, 0) is 25.7 Å². The van der Waals surface area contributed by atoms with Crippen LogP contribution in [-0.4, -0.2) is 28.8 Å².